The third-order valence-corrected chi connectivity index (χ3v) is 5.08. The van der Waals surface area contributed by atoms with E-state index in [0.717, 1.165) is 24.4 Å². The van der Waals surface area contributed by atoms with Gasteiger partial charge < -0.3 is 14.8 Å². The zero-order valence-corrected chi connectivity index (χ0v) is 20.1. The number of carbonyl (C=O) groups is 2. The molecule has 0 saturated heterocycles. The van der Waals surface area contributed by atoms with E-state index in [9.17, 15) is 27.2 Å². The molecule has 2 amide bonds. The molecule has 13 heteroatoms. The van der Waals surface area contributed by atoms with Crippen molar-refractivity contribution < 1.29 is 36.6 Å². The highest BCUT2D eigenvalue weighted by Crippen LogP contribution is 2.47. The summed E-state index contributed by atoms with van der Waals surface area (Å²) in [6.07, 6.45) is -5.80. The quantitative estimate of drug-likeness (QED) is 0.575. The number of hydrogen-bond donors (Lipinski definition) is 2. The second-order valence-corrected chi connectivity index (χ2v) is 9.04. The Morgan fingerprint density at radius 2 is 1.89 bits per heavy atom. The van der Waals surface area contributed by atoms with Crippen LogP contribution in [0.3, 0.4) is 0 Å². The van der Waals surface area contributed by atoms with Gasteiger partial charge in [-0.15, -0.1) is 0 Å². The van der Waals surface area contributed by atoms with Crippen molar-refractivity contribution in [1.29, 1.82) is 5.26 Å². The number of halogens is 4. The van der Waals surface area contributed by atoms with Crippen molar-refractivity contribution in [3.63, 3.8) is 0 Å². The Labute approximate surface area is 209 Å². The standard InChI is InChI=1S/C24H23F4N5O4/c1-22(2,3)37-21(35)32-19-13-36-9-8-23(33-19,24(26,27)28)16-10-15(5-6-17(16)25)31-20(34)18-7-4-14(11-29)12-30-18/h4-7,10,12H,8-9,13H2,1-3H3,(H,31,34)(H,32,33,35). The molecule has 196 valence electrons. The highest BCUT2D eigenvalue weighted by molar-refractivity contribution is 6.03. The SMILES string of the molecule is CC(C)(C)OC(=O)NC1=NC(c2cc(NC(=O)c3ccc(C#N)cn3)ccc2F)(C(F)(F)F)CCOC1. The lowest BCUT2D eigenvalue weighted by atomic mass is 9.85. The minimum absolute atomic E-state index is 0.111. The van der Waals surface area contributed by atoms with E-state index in [1.54, 1.807) is 20.8 Å². The van der Waals surface area contributed by atoms with E-state index in [-0.39, 0.29) is 16.9 Å². The molecule has 0 saturated carbocycles. The predicted octanol–water partition coefficient (Wildman–Crippen LogP) is 4.45. The number of alkyl carbamates (subject to hydrolysis) is 1. The molecule has 2 heterocycles. The molecule has 37 heavy (non-hydrogen) atoms. The van der Waals surface area contributed by atoms with Gasteiger partial charge in [0.1, 0.15) is 35.6 Å². The summed E-state index contributed by atoms with van der Waals surface area (Å²) >= 11 is 0. The van der Waals surface area contributed by atoms with Gasteiger partial charge in [-0.3, -0.25) is 10.1 Å². The largest absolute Gasteiger partial charge is 0.444 e. The van der Waals surface area contributed by atoms with Gasteiger partial charge in [0.15, 0.2) is 5.54 Å². The average molecular weight is 521 g/mol. The molecule has 1 atom stereocenters. The zero-order valence-electron chi connectivity index (χ0n) is 20.1. The topological polar surface area (TPSA) is 126 Å². The Morgan fingerprint density at radius 1 is 1.16 bits per heavy atom. The number of amides is 2. The van der Waals surface area contributed by atoms with E-state index in [1.807, 2.05) is 6.07 Å². The van der Waals surface area contributed by atoms with Crippen LogP contribution in [0, 0.1) is 17.1 Å². The first-order chi connectivity index (χ1) is 17.2. The van der Waals surface area contributed by atoms with Gasteiger partial charge in [0.05, 0.1) is 12.2 Å². The number of benzene rings is 1. The van der Waals surface area contributed by atoms with Gasteiger partial charge in [0.25, 0.3) is 5.91 Å². The van der Waals surface area contributed by atoms with Crippen molar-refractivity contribution >= 4 is 23.5 Å². The third-order valence-electron chi connectivity index (χ3n) is 5.08. The van der Waals surface area contributed by atoms with E-state index in [1.165, 1.54) is 12.1 Å². The number of aliphatic imine (C=N–C) groups is 1. The second-order valence-electron chi connectivity index (χ2n) is 9.04. The van der Waals surface area contributed by atoms with Crippen molar-refractivity contribution in [2.24, 2.45) is 4.99 Å². The van der Waals surface area contributed by atoms with Gasteiger partial charge in [-0.05, 0) is 51.1 Å². The number of carbonyl (C=O) groups excluding carboxylic acids is 2. The molecule has 0 fully saturated rings. The maximum atomic E-state index is 14.9. The normalized spacial score (nSPS) is 18.2. The smallest absolute Gasteiger partial charge is 0.418 e. The van der Waals surface area contributed by atoms with Crippen LogP contribution in [0.4, 0.5) is 28.0 Å². The number of hydrogen-bond acceptors (Lipinski definition) is 7. The molecule has 0 spiro atoms. The van der Waals surface area contributed by atoms with Crippen molar-refractivity contribution in [2.45, 2.75) is 44.5 Å². The molecular formula is C24H23F4N5O4. The number of ether oxygens (including phenoxy) is 2. The summed E-state index contributed by atoms with van der Waals surface area (Å²) in [6, 6.07) is 7.13. The monoisotopic (exact) mass is 521 g/mol. The molecule has 1 aromatic carbocycles. The van der Waals surface area contributed by atoms with Crippen LogP contribution in [-0.2, 0) is 15.0 Å². The molecule has 2 aromatic rings. The summed E-state index contributed by atoms with van der Waals surface area (Å²) < 4.78 is 68.9. The highest BCUT2D eigenvalue weighted by Gasteiger charge is 2.58. The van der Waals surface area contributed by atoms with E-state index in [2.05, 4.69) is 20.6 Å². The Bertz CT molecular complexity index is 1250. The van der Waals surface area contributed by atoms with Crippen molar-refractivity contribution in [1.82, 2.24) is 10.3 Å². The minimum Gasteiger partial charge on any atom is -0.444 e. The first-order valence-electron chi connectivity index (χ1n) is 10.9. The lowest BCUT2D eigenvalue weighted by molar-refractivity contribution is -0.193. The lowest BCUT2D eigenvalue weighted by Crippen LogP contribution is -2.45. The number of nitriles is 1. The van der Waals surface area contributed by atoms with Gasteiger partial charge in [0, 0.05) is 23.9 Å². The van der Waals surface area contributed by atoms with E-state index in [0.29, 0.717) is 0 Å². The maximum absolute atomic E-state index is 14.9. The first kappa shape index (κ1) is 27.5. The molecule has 1 aliphatic rings. The van der Waals surface area contributed by atoms with Gasteiger partial charge in [-0.1, -0.05) is 0 Å². The summed E-state index contributed by atoms with van der Waals surface area (Å²) in [5.74, 6) is -2.52. The van der Waals surface area contributed by atoms with Gasteiger partial charge in [-0.2, -0.15) is 18.4 Å². The summed E-state index contributed by atoms with van der Waals surface area (Å²) in [6.45, 7) is 3.79. The van der Waals surface area contributed by atoms with Crippen LogP contribution in [0.1, 0.15) is 48.8 Å². The van der Waals surface area contributed by atoms with Crippen molar-refractivity contribution in [3.8, 4) is 6.07 Å². The fraction of sp³-hybridized carbons (Fsp3) is 0.375. The lowest BCUT2D eigenvalue weighted by Gasteiger charge is -2.32. The minimum atomic E-state index is -5.11. The van der Waals surface area contributed by atoms with E-state index in [4.69, 9.17) is 14.7 Å². The third kappa shape index (κ3) is 6.59. The zero-order chi connectivity index (χ0) is 27.4. The average Bonchev–Trinajstić information content (AvgIpc) is 3.02. The van der Waals surface area contributed by atoms with Crippen LogP contribution in [0.2, 0.25) is 0 Å². The number of aromatic nitrogens is 1. The van der Waals surface area contributed by atoms with Crippen LogP contribution in [0.5, 0.6) is 0 Å². The number of nitrogens with one attached hydrogen (secondary N) is 2. The number of pyridine rings is 1. The van der Waals surface area contributed by atoms with Crippen LogP contribution >= 0.6 is 0 Å². The molecule has 1 unspecified atom stereocenters. The van der Waals surface area contributed by atoms with Gasteiger partial charge in [-0.25, -0.2) is 19.2 Å². The molecule has 1 aromatic heterocycles. The van der Waals surface area contributed by atoms with Gasteiger partial charge >= 0.3 is 12.3 Å². The maximum Gasteiger partial charge on any atom is 0.418 e. The second kappa shape index (κ2) is 10.5. The van der Waals surface area contributed by atoms with Crippen LogP contribution in [0.15, 0.2) is 41.5 Å². The Morgan fingerprint density at radius 3 is 2.49 bits per heavy atom. The van der Waals surface area contributed by atoms with Crippen molar-refractivity contribution in [3.05, 3.63) is 59.2 Å². The number of amidine groups is 1. The summed E-state index contributed by atoms with van der Waals surface area (Å²) in [7, 11) is 0. The van der Waals surface area contributed by atoms with Crippen molar-refractivity contribution in [2.75, 3.05) is 18.5 Å². The Balaban J connectivity index is 2.00. The van der Waals surface area contributed by atoms with Crippen LogP contribution in [0.25, 0.3) is 0 Å². The molecular weight excluding hydrogens is 498 g/mol. The fourth-order valence-corrected chi connectivity index (χ4v) is 3.45. The highest BCUT2D eigenvalue weighted by atomic mass is 19.4. The molecule has 0 aliphatic carbocycles. The Kier molecular flexibility index (Phi) is 7.83. The molecule has 3 rings (SSSR count). The molecule has 2 N–H and O–H groups in total. The first-order valence-corrected chi connectivity index (χ1v) is 10.9. The molecule has 0 radical (unpaired) electrons. The molecule has 9 nitrogen and oxygen atoms in total. The number of anilines is 1. The molecule has 0 bridgehead atoms. The Hall–Kier alpha value is -4.05. The number of alkyl halides is 3. The molecule has 1 aliphatic heterocycles. The van der Waals surface area contributed by atoms with Crippen LogP contribution < -0.4 is 10.6 Å². The summed E-state index contributed by atoms with van der Waals surface area (Å²) in [4.78, 5) is 32.2. The summed E-state index contributed by atoms with van der Waals surface area (Å²) in [5.41, 5.74) is -5.00. The predicted molar refractivity (Wildman–Crippen MR) is 123 cm³/mol. The van der Waals surface area contributed by atoms with E-state index < -0.39 is 66.2 Å². The van der Waals surface area contributed by atoms with Gasteiger partial charge in [0.2, 0.25) is 0 Å². The van der Waals surface area contributed by atoms with E-state index >= 15 is 0 Å². The summed E-state index contributed by atoms with van der Waals surface area (Å²) in [5, 5.41) is 13.4. The number of nitrogens with zero attached hydrogens (tertiary/aromatic N) is 3. The number of rotatable bonds is 3. The fourth-order valence-electron chi connectivity index (χ4n) is 3.45. The van der Waals surface area contributed by atoms with Crippen LogP contribution in [-0.4, -0.2) is 47.8 Å².